The zero-order valence-corrected chi connectivity index (χ0v) is 13.9. The van der Waals surface area contributed by atoms with Crippen molar-refractivity contribution < 1.29 is 9.13 Å². The number of nitrogens with two attached hydrogens (primary N) is 1. The summed E-state index contributed by atoms with van der Waals surface area (Å²) in [6.45, 7) is 0. The molecule has 2 N–H and O–H groups in total. The van der Waals surface area contributed by atoms with Crippen LogP contribution in [0, 0.1) is 5.82 Å². The Kier molecular flexibility index (Phi) is 4.50. The third-order valence-electron chi connectivity index (χ3n) is 3.45. The van der Waals surface area contributed by atoms with Crippen LogP contribution in [0.25, 0.3) is 11.1 Å². The van der Waals surface area contributed by atoms with Crippen molar-refractivity contribution in [2.45, 2.75) is 6.42 Å². The summed E-state index contributed by atoms with van der Waals surface area (Å²) < 4.78 is 20.4. The Morgan fingerprint density at radius 1 is 1.30 bits per heavy atom. The molecule has 0 unspecified atom stereocenters. The second-order valence-corrected chi connectivity index (χ2v) is 6.55. The highest BCUT2D eigenvalue weighted by Gasteiger charge is 2.17. The van der Waals surface area contributed by atoms with Gasteiger partial charge in [-0.1, -0.05) is 29.8 Å². The maximum absolute atomic E-state index is 15.1. The van der Waals surface area contributed by atoms with E-state index in [9.17, 15) is 0 Å². The highest BCUT2D eigenvalue weighted by molar-refractivity contribution is 7.15. The molecule has 3 rings (SSSR count). The van der Waals surface area contributed by atoms with Crippen molar-refractivity contribution in [3.63, 3.8) is 0 Å². The van der Waals surface area contributed by atoms with Gasteiger partial charge >= 0.3 is 0 Å². The number of benzene rings is 2. The van der Waals surface area contributed by atoms with Gasteiger partial charge in [0.15, 0.2) is 5.13 Å². The molecule has 0 amide bonds. The molecule has 1 aromatic heterocycles. The Labute approximate surface area is 142 Å². The normalized spacial score (nSPS) is 10.7. The van der Waals surface area contributed by atoms with Crippen molar-refractivity contribution in [2.75, 3.05) is 12.8 Å². The quantitative estimate of drug-likeness (QED) is 0.737. The fourth-order valence-electron chi connectivity index (χ4n) is 2.41. The molecule has 0 fully saturated rings. The van der Waals surface area contributed by atoms with E-state index in [2.05, 4.69) is 4.98 Å². The SMILES string of the molecule is COc1ccc(Cc2cnc(N)s2)c(F)c1-c1cccc(Cl)c1. The molecule has 0 saturated carbocycles. The third kappa shape index (κ3) is 3.30. The van der Waals surface area contributed by atoms with Crippen molar-refractivity contribution in [3.05, 3.63) is 63.9 Å². The predicted octanol–water partition coefficient (Wildman–Crippen LogP) is 4.78. The molecule has 3 nitrogen and oxygen atoms in total. The molecule has 2 aromatic carbocycles. The average molecular weight is 349 g/mol. The van der Waals surface area contributed by atoms with Gasteiger partial charge in [-0.05, 0) is 29.3 Å². The van der Waals surface area contributed by atoms with Crippen LogP contribution in [0.2, 0.25) is 5.02 Å². The highest BCUT2D eigenvalue weighted by atomic mass is 35.5. The molecule has 0 aliphatic heterocycles. The molecular weight excluding hydrogens is 335 g/mol. The number of anilines is 1. The number of hydrogen-bond acceptors (Lipinski definition) is 4. The topological polar surface area (TPSA) is 48.1 Å². The largest absolute Gasteiger partial charge is 0.496 e. The van der Waals surface area contributed by atoms with Crippen molar-refractivity contribution in [1.29, 1.82) is 0 Å². The molecule has 0 radical (unpaired) electrons. The van der Waals surface area contributed by atoms with E-state index in [-0.39, 0.29) is 5.82 Å². The zero-order chi connectivity index (χ0) is 16.4. The minimum absolute atomic E-state index is 0.321. The predicted molar refractivity (Wildman–Crippen MR) is 92.7 cm³/mol. The van der Waals surface area contributed by atoms with Crippen molar-refractivity contribution in [3.8, 4) is 16.9 Å². The smallest absolute Gasteiger partial charge is 0.180 e. The molecule has 0 atom stereocenters. The summed E-state index contributed by atoms with van der Waals surface area (Å²) in [4.78, 5) is 4.91. The van der Waals surface area contributed by atoms with E-state index in [1.54, 1.807) is 42.6 Å². The number of rotatable bonds is 4. The Balaban J connectivity index is 2.08. The van der Waals surface area contributed by atoms with Crippen LogP contribution in [0.1, 0.15) is 10.4 Å². The molecule has 6 heteroatoms. The lowest BCUT2D eigenvalue weighted by Crippen LogP contribution is -1.98. The monoisotopic (exact) mass is 348 g/mol. The van der Waals surface area contributed by atoms with Crippen molar-refractivity contribution in [2.24, 2.45) is 0 Å². The first-order chi connectivity index (χ1) is 11.1. The second kappa shape index (κ2) is 6.56. The van der Waals surface area contributed by atoms with Crippen LogP contribution in [-0.4, -0.2) is 12.1 Å². The number of halogens is 2. The Morgan fingerprint density at radius 2 is 2.13 bits per heavy atom. The number of nitrogens with zero attached hydrogens (tertiary/aromatic N) is 1. The zero-order valence-electron chi connectivity index (χ0n) is 12.3. The minimum Gasteiger partial charge on any atom is -0.496 e. The fourth-order valence-corrected chi connectivity index (χ4v) is 3.31. The maximum Gasteiger partial charge on any atom is 0.180 e. The van der Waals surface area contributed by atoms with Crippen LogP contribution in [0.15, 0.2) is 42.6 Å². The van der Waals surface area contributed by atoms with Gasteiger partial charge in [-0.15, -0.1) is 11.3 Å². The number of nitrogen functional groups attached to an aromatic ring is 1. The first-order valence-corrected chi connectivity index (χ1v) is 8.09. The lowest BCUT2D eigenvalue weighted by molar-refractivity contribution is 0.413. The molecule has 3 aromatic rings. The maximum atomic E-state index is 15.1. The van der Waals surface area contributed by atoms with Crippen LogP contribution in [0.3, 0.4) is 0 Å². The lowest BCUT2D eigenvalue weighted by Gasteiger charge is -2.13. The molecule has 23 heavy (non-hydrogen) atoms. The molecule has 0 aliphatic rings. The van der Waals surface area contributed by atoms with E-state index >= 15 is 4.39 Å². The Hall–Kier alpha value is -2.11. The first kappa shape index (κ1) is 15.8. The molecule has 0 spiro atoms. The molecular formula is C17H14ClFN2OS. The van der Waals surface area contributed by atoms with Crippen LogP contribution >= 0.6 is 22.9 Å². The van der Waals surface area contributed by atoms with Gasteiger partial charge in [-0.3, -0.25) is 0 Å². The van der Waals surface area contributed by atoms with E-state index in [0.717, 1.165) is 4.88 Å². The summed E-state index contributed by atoms with van der Waals surface area (Å²) in [6.07, 6.45) is 2.10. The minimum atomic E-state index is -0.321. The van der Waals surface area contributed by atoms with Gasteiger partial charge < -0.3 is 10.5 Å². The van der Waals surface area contributed by atoms with E-state index in [0.29, 0.717) is 39.0 Å². The van der Waals surface area contributed by atoms with Gasteiger partial charge in [0.25, 0.3) is 0 Å². The number of thiazole rings is 1. The lowest BCUT2D eigenvalue weighted by atomic mass is 9.99. The third-order valence-corrected chi connectivity index (χ3v) is 4.51. The summed E-state index contributed by atoms with van der Waals surface area (Å²) in [5.41, 5.74) is 7.28. The van der Waals surface area contributed by atoms with Crippen LogP contribution < -0.4 is 10.5 Å². The molecule has 0 aliphatic carbocycles. The summed E-state index contributed by atoms with van der Waals surface area (Å²) in [5.74, 6) is 0.149. The van der Waals surface area contributed by atoms with E-state index < -0.39 is 0 Å². The van der Waals surface area contributed by atoms with Crippen molar-refractivity contribution in [1.82, 2.24) is 4.98 Å². The van der Waals surface area contributed by atoms with Crippen molar-refractivity contribution >= 4 is 28.1 Å². The Bertz CT molecular complexity index is 850. The van der Waals surface area contributed by atoms with E-state index in [1.807, 2.05) is 0 Å². The van der Waals surface area contributed by atoms with Crippen LogP contribution in [0.4, 0.5) is 9.52 Å². The number of ether oxygens (including phenoxy) is 1. The summed E-state index contributed by atoms with van der Waals surface area (Å²) in [6, 6.07) is 10.5. The van der Waals surface area contributed by atoms with Gasteiger partial charge in [0.1, 0.15) is 11.6 Å². The first-order valence-electron chi connectivity index (χ1n) is 6.90. The van der Waals surface area contributed by atoms with Gasteiger partial charge in [0, 0.05) is 22.5 Å². The van der Waals surface area contributed by atoms with E-state index in [1.165, 1.54) is 18.4 Å². The standard InChI is InChI=1S/C17H14ClFN2OS/c1-22-14-6-5-11(8-13-9-21-17(20)23-13)16(19)15(14)10-3-2-4-12(18)7-10/h2-7,9H,8H2,1H3,(H2,20,21). The van der Waals surface area contributed by atoms with Crippen LogP contribution in [-0.2, 0) is 6.42 Å². The molecule has 0 saturated heterocycles. The summed E-state index contributed by atoms with van der Waals surface area (Å²) in [5, 5.41) is 1.02. The van der Waals surface area contributed by atoms with Gasteiger partial charge in [-0.2, -0.15) is 0 Å². The second-order valence-electron chi connectivity index (χ2n) is 4.97. The molecule has 1 heterocycles. The van der Waals surface area contributed by atoms with E-state index in [4.69, 9.17) is 22.1 Å². The van der Waals surface area contributed by atoms with Crippen LogP contribution in [0.5, 0.6) is 5.75 Å². The number of hydrogen-bond donors (Lipinski definition) is 1. The Morgan fingerprint density at radius 3 is 2.78 bits per heavy atom. The molecule has 118 valence electrons. The van der Waals surface area contributed by atoms with Gasteiger partial charge in [0.2, 0.25) is 0 Å². The highest BCUT2D eigenvalue weighted by Crippen LogP contribution is 2.36. The number of methoxy groups -OCH3 is 1. The molecule has 0 bridgehead atoms. The van der Waals surface area contributed by atoms with Gasteiger partial charge in [0.05, 0.1) is 12.7 Å². The number of aromatic nitrogens is 1. The fraction of sp³-hybridized carbons (Fsp3) is 0.118. The summed E-state index contributed by atoms with van der Waals surface area (Å²) in [7, 11) is 1.52. The average Bonchev–Trinajstić information content (AvgIpc) is 2.94. The summed E-state index contributed by atoms with van der Waals surface area (Å²) >= 11 is 7.38. The van der Waals surface area contributed by atoms with Gasteiger partial charge in [-0.25, -0.2) is 9.37 Å².